The van der Waals surface area contributed by atoms with Crippen molar-refractivity contribution in [3.63, 3.8) is 0 Å². The number of carbonyl (C=O) groups excluding carboxylic acids is 1. The van der Waals surface area contributed by atoms with Gasteiger partial charge in [-0.3, -0.25) is 4.79 Å². The van der Waals surface area contributed by atoms with Crippen molar-refractivity contribution in [3.05, 3.63) is 93.8 Å². The summed E-state index contributed by atoms with van der Waals surface area (Å²) < 4.78 is 19.6. The third-order valence-electron chi connectivity index (χ3n) is 6.09. The number of Topliss-reactive ketones (excluding diaryl/α,β-unsaturated/α-hetero) is 1. The number of allylic oxidation sites excluding steroid dienone is 1. The molecule has 0 saturated heterocycles. The number of methoxy groups -OCH3 is 1. The van der Waals surface area contributed by atoms with E-state index in [1.54, 1.807) is 13.2 Å². The highest BCUT2D eigenvalue weighted by Gasteiger charge is 2.30. The zero-order valence-electron chi connectivity index (χ0n) is 19.2. The van der Waals surface area contributed by atoms with Crippen molar-refractivity contribution in [2.24, 2.45) is 0 Å². The van der Waals surface area contributed by atoms with E-state index in [0.29, 0.717) is 34.5 Å². The van der Waals surface area contributed by atoms with Crippen LogP contribution in [0.2, 0.25) is 5.02 Å². The van der Waals surface area contributed by atoms with Crippen LogP contribution in [0.25, 0.3) is 17.0 Å². The van der Waals surface area contributed by atoms with E-state index in [4.69, 9.17) is 25.8 Å². The third kappa shape index (κ3) is 3.93. The van der Waals surface area contributed by atoms with Gasteiger partial charge in [0.15, 0.2) is 5.76 Å². The third-order valence-corrected chi connectivity index (χ3v) is 6.34. The van der Waals surface area contributed by atoms with Crippen LogP contribution in [0.3, 0.4) is 0 Å². The number of hydrogen-bond donors (Lipinski definition) is 0. The first-order valence-corrected chi connectivity index (χ1v) is 11.5. The summed E-state index contributed by atoms with van der Waals surface area (Å²) in [6, 6.07) is 17.0. The van der Waals surface area contributed by atoms with E-state index in [1.807, 2.05) is 67.7 Å². The minimum Gasteiger partial charge on any atom is -0.497 e. The molecule has 6 heteroatoms. The second-order valence-corrected chi connectivity index (χ2v) is 8.61. The molecule has 0 atom stereocenters. The number of halogens is 1. The van der Waals surface area contributed by atoms with Crippen molar-refractivity contribution in [3.8, 4) is 17.2 Å². The zero-order chi connectivity index (χ0) is 23.8. The Morgan fingerprint density at radius 1 is 1.09 bits per heavy atom. The normalized spacial score (nSPS) is 13.9. The average Bonchev–Trinajstić information content (AvgIpc) is 3.37. The molecule has 0 radical (unpaired) electrons. The Balaban J connectivity index is 1.45. The highest BCUT2D eigenvalue weighted by Crippen LogP contribution is 2.40. The topological polar surface area (TPSA) is 49.7 Å². The number of ketones is 1. The van der Waals surface area contributed by atoms with Gasteiger partial charge >= 0.3 is 0 Å². The van der Waals surface area contributed by atoms with Crippen LogP contribution in [0.4, 0.5) is 0 Å². The SMILES string of the molecule is CCn1cc(C=C2Oc3c(ccc(OCc4ccc(Cl)cc4)c3C)C2=O)c2cc(OC)ccc21. The van der Waals surface area contributed by atoms with Gasteiger partial charge in [0, 0.05) is 39.8 Å². The molecule has 0 aliphatic carbocycles. The second-order valence-electron chi connectivity index (χ2n) is 8.17. The number of carbonyl (C=O) groups is 1. The van der Waals surface area contributed by atoms with Crippen LogP contribution in [-0.2, 0) is 13.2 Å². The first kappa shape index (κ1) is 22.1. The molecule has 5 rings (SSSR count). The molecule has 0 N–H and O–H groups in total. The Morgan fingerprint density at radius 3 is 2.62 bits per heavy atom. The fraction of sp³-hybridized carbons (Fsp3) is 0.179. The molecule has 0 fully saturated rings. The number of rotatable bonds is 6. The lowest BCUT2D eigenvalue weighted by atomic mass is 10.1. The molecule has 1 aliphatic rings. The standard InChI is InChI=1S/C28H24ClNO4/c1-4-30-15-19(23-14-21(32-3)9-11-24(23)30)13-26-27(31)22-10-12-25(17(2)28(22)34-26)33-16-18-5-7-20(29)8-6-18/h5-15H,4,16H2,1-3H3. The Labute approximate surface area is 203 Å². The van der Waals surface area contributed by atoms with Crippen molar-refractivity contribution in [2.75, 3.05) is 7.11 Å². The number of hydrogen-bond acceptors (Lipinski definition) is 4. The first-order valence-electron chi connectivity index (χ1n) is 11.1. The number of benzene rings is 3. The number of fused-ring (bicyclic) bond motifs is 2. The van der Waals surface area contributed by atoms with Gasteiger partial charge in [0.2, 0.25) is 5.78 Å². The van der Waals surface area contributed by atoms with Crippen LogP contribution in [0.5, 0.6) is 17.2 Å². The summed E-state index contributed by atoms with van der Waals surface area (Å²) in [6.45, 7) is 5.20. The molecule has 2 heterocycles. The van der Waals surface area contributed by atoms with E-state index < -0.39 is 0 Å². The summed E-state index contributed by atoms with van der Waals surface area (Å²) in [5, 5.41) is 1.69. The van der Waals surface area contributed by atoms with Gasteiger partial charge in [0.05, 0.1) is 12.7 Å². The van der Waals surface area contributed by atoms with Gasteiger partial charge in [-0.15, -0.1) is 0 Å². The van der Waals surface area contributed by atoms with Gasteiger partial charge < -0.3 is 18.8 Å². The summed E-state index contributed by atoms with van der Waals surface area (Å²) >= 11 is 5.96. The number of aromatic nitrogens is 1. The highest BCUT2D eigenvalue weighted by atomic mass is 35.5. The van der Waals surface area contributed by atoms with Crippen LogP contribution in [0.15, 0.2) is 66.6 Å². The zero-order valence-corrected chi connectivity index (χ0v) is 20.0. The smallest absolute Gasteiger partial charge is 0.231 e. The second kappa shape index (κ2) is 8.92. The predicted molar refractivity (Wildman–Crippen MR) is 134 cm³/mol. The lowest BCUT2D eigenvalue weighted by Gasteiger charge is -2.11. The minimum atomic E-state index is -0.136. The number of nitrogens with zero attached hydrogens (tertiary/aromatic N) is 1. The molecule has 3 aromatic carbocycles. The fourth-order valence-electron chi connectivity index (χ4n) is 4.21. The molecular weight excluding hydrogens is 450 g/mol. The molecule has 0 bridgehead atoms. The summed E-state index contributed by atoms with van der Waals surface area (Å²) in [7, 11) is 1.64. The van der Waals surface area contributed by atoms with Gasteiger partial charge in [-0.2, -0.15) is 0 Å². The van der Waals surface area contributed by atoms with E-state index in [-0.39, 0.29) is 5.78 Å². The van der Waals surface area contributed by atoms with Gasteiger partial charge in [0.25, 0.3) is 0 Å². The molecule has 0 saturated carbocycles. The lowest BCUT2D eigenvalue weighted by molar-refractivity contribution is 0.101. The predicted octanol–water partition coefficient (Wildman–Crippen LogP) is 6.83. The van der Waals surface area contributed by atoms with E-state index in [2.05, 4.69) is 11.5 Å². The summed E-state index contributed by atoms with van der Waals surface area (Å²) in [5.74, 6) is 2.14. The number of aryl methyl sites for hydroxylation is 1. The molecule has 1 aromatic heterocycles. The molecule has 5 nitrogen and oxygen atoms in total. The Bertz CT molecular complexity index is 1430. The van der Waals surface area contributed by atoms with Crippen molar-refractivity contribution in [1.29, 1.82) is 0 Å². The van der Waals surface area contributed by atoms with E-state index in [0.717, 1.165) is 39.9 Å². The molecule has 172 valence electrons. The van der Waals surface area contributed by atoms with E-state index in [9.17, 15) is 4.79 Å². The monoisotopic (exact) mass is 473 g/mol. The Kier molecular flexibility index (Phi) is 5.80. The molecule has 34 heavy (non-hydrogen) atoms. The molecular formula is C28H24ClNO4. The molecule has 0 amide bonds. The minimum absolute atomic E-state index is 0.136. The number of ether oxygens (including phenoxy) is 3. The van der Waals surface area contributed by atoms with Gasteiger partial charge in [-0.1, -0.05) is 23.7 Å². The molecule has 0 unspecified atom stereocenters. The largest absolute Gasteiger partial charge is 0.497 e. The van der Waals surface area contributed by atoms with Crippen LogP contribution in [-0.4, -0.2) is 17.5 Å². The van der Waals surface area contributed by atoms with Crippen LogP contribution >= 0.6 is 11.6 Å². The molecule has 1 aliphatic heterocycles. The maximum absolute atomic E-state index is 13.1. The first-order chi connectivity index (χ1) is 16.5. The highest BCUT2D eigenvalue weighted by molar-refractivity contribution is 6.30. The van der Waals surface area contributed by atoms with Crippen LogP contribution < -0.4 is 14.2 Å². The summed E-state index contributed by atoms with van der Waals surface area (Å²) in [5.41, 5.74) is 4.32. The van der Waals surface area contributed by atoms with Crippen molar-refractivity contribution < 1.29 is 19.0 Å². The van der Waals surface area contributed by atoms with Crippen molar-refractivity contribution in [1.82, 2.24) is 4.57 Å². The van der Waals surface area contributed by atoms with Crippen LogP contribution in [0, 0.1) is 6.92 Å². The van der Waals surface area contributed by atoms with Gasteiger partial charge in [-0.05, 0) is 68.0 Å². The van der Waals surface area contributed by atoms with Crippen molar-refractivity contribution >= 4 is 34.4 Å². The maximum atomic E-state index is 13.1. The molecule has 4 aromatic rings. The van der Waals surface area contributed by atoms with Gasteiger partial charge in [0.1, 0.15) is 23.9 Å². The van der Waals surface area contributed by atoms with Crippen molar-refractivity contribution in [2.45, 2.75) is 27.0 Å². The Hall–Kier alpha value is -3.70. The lowest BCUT2D eigenvalue weighted by Crippen LogP contribution is -1.98. The summed E-state index contributed by atoms with van der Waals surface area (Å²) in [4.78, 5) is 13.1. The quantitative estimate of drug-likeness (QED) is 0.288. The summed E-state index contributed by atoms with van der Waals surface area (Å²) in [6.07, 6.45) is 3.84. The Morgan fingerprint density at radius 2 is 1.88 bits per heavy atom. The van der Waals surface area contributed by atoms with E-state index in [1.165, 1.54) is 0 Å². The van der Waals surface area contributed by atoms with Gasteiger partial charge in [-0.25, -0.2) is 0 Å². The molecule has 0 spiro atoms. The fourth-order valence-corrected chi connectivity index (χ4v) is 4.34. The maximum Gasteiger partial charge on any atom is 0.231 e. The average molecular weight is 474 g/mol. The van der Waals surface area contributed by atoms with E-state index >= 15 is 0 Å². The van der Waals surface area contributed by atoms with Crippen LogP contribution in [0.1, 0.15) is 34.0 Å².